The number of para-hydroxylation sites is 1. The molecule has 1 saturated heterocycles. The van der Waals surface area contributed by atoms with E-state index in [1.807, 2.05) is 35.2 Å². The molecule has 0 bridgehead atoms. The Morgan fingerprint density at radius 1 is 1.11 bits per heavy atom. The number of benzene rings is 2. The fourth-order valence-electron chi connectivity index (χ4n) is 3.96. The van der Waals surface area contributed by atoms with E-state index < -0.39 is 0 Å². The Bertz CT molecular complexity index is 894. The highest BCUT2D eigenvalue weighted by Gasteiger charge is 2.30. The molecule has 0 N–H and O–H groups in total. The van der Waals surface area contributed by atoms with Gasteiger partial charge in [0, 0.05) is 18.5 Å². The van der Waals surface area contributed by atoms with Crippen LogP contribution in [-0.4, -0.2) is 36.3 Å². The predicted molar refractivity (Wildman–Crippen MR) is 108 cm³/mol. The molecule has 1 fully saturated rings. The monoisotopic (exact) mass is 362 g/mol. The molecule has 1 atom stereocenters. The van der Waals surface area contributed by atoms with Crippen molar-refractivity contribution in [2.24, 2.45) is 0 Å². The largest absolute Gasteiger partial charge is 0.451 e. The van der Waals surface area contributed by atoms with Crippen LogP contribution in [0.1, 0.15) is 47.0 Å². The van der Waals surface area contributed by atoms with Crippen LogP contribution in [0.2, 0.25) is 0 Å². The molecule has 0 unspecified atom stereocenters. The number of carbonyl (C=O) groups is 1. The maximum atomic E-state index is 13.2. The van der Waals surface area contributed by atoms with Gasteiger partial charge in [-0.3, -0.25) is 4.79 Å². The lowest BCUT2D eigenvalue weighted by Gasteiger charge is -2.35. The molecule has 0 spiro atoms. The van der Waals surface area contributed by atoms with E-state index >= 15 is 0 Å². The van der Waals surface area contributed by atoms with Gasteiger partial charge in [-0.2, -0.15) is 0 Å². The van der Waals surface area contributed by atoms with Gasteiger partial charge in [-0.1, -0.05) is 42.5 Å². The first-order chi connectivity index (χ1) is 13.1. The van der Waals surface area contributed by atoms with Gasteiger partial charge in [0.15, 0.2) is 5.76 Å². The molecular weight excluding hydrogens is 336 g/mol. The number of nitrogens with zero attached hydrogens (tertiary/aromatic N) is 2. The lowest BCUT2D eigenvalue weighted by Crippen LogP contribution is -2.38. The van der Waals surface area contributed by atoms with Crippen molar-refractivity contribution >= 4 is 16.9 Å². The van der Waals surface area contributed by atoms with E-state index in [2.05, 4.69) is 43.3 Å². The number of likely N-dealkylation sites (tertiary alicyclic amines) is 1. The quantitative estimate of drug-likeness (QED) is 0.665. The number of hydrogen-bond donors (Lipinski definition) is 0. The van der Waals surface area contributed by atoms with Crippen LogP contribution in [0.4, 0.5) is 0 Å². The summed E-state index contributed by atoms with van der Waals surface area (Å²) in [5.74, 6) is 0.431. The fourth-order valence-corrected chi connectivity index (χ4v) is 3.96. The molecule has 4 nitrogen and oxygen atoms in total. The van der Waals surface area contributed by atoms with E-state index in [0.29, 0.717) is 5.76 Å². The molecule has 3 aromatic rings. The standard InChI is InChI=1S/C23H26N2O2/c1-24(2)16-17-10-12-18(13-11-17)20-8-5-6-14-25(20)23(26)22-15-19-7-3-4-9-21(19)27-22/h3-4,7,9-13,15,20H,5-6,8,14,16H2,1-2H3/t20-/m1/s1. The molecule has 140 valence electrons. The molecule has 2 heterocycles. The highest BCUT2D eigenvalue weighted by Crippen LogP contribution is 2.33. The summed E-state index contributed by atoms with van der Waals surface area (Å²) in [5, 5.41) is 0.974. The van der Waals surface area contributed by atoms with Crippen molar-refractivity contribution in [1.29, 1.82) is 0 Å². The van der Waals surface area contributed by atoms with Crippen molar-refractivity contribution in [3.05, 3.63) is 71.5 Å². The zero-order valence-electron chi connectivity index (χ0n) is 16.0. The predicted octanol–water partition coefficient (Wildman–Crippen LogP) is 4.86. The molecular formula is C23H26N2O2. The second-order valence-electron chi connectivity index (χ2n) is 7.64. The van der Waals surface area contributed by atoms with Gasteiger partial charge in [0.1, 0.15) is 5.58 Å². The topological polar surface area (TPSA) is 36.7 Å². The van der Waals surface area contributed by atoms with Crippen molar-refractivity contribution in [3.8, 4) is 0 Å². The van der Waals surface area contributed by atoms with Gasteiger partial charge in [0.25, 0.3) is 5.91 Å². The Kier molecular flexibility index (Phi) is 4.99. The van der Waals surface area contributed by atoms with Crippen LogP contribution in [0.25, 0.3) is 11.0 Å². The summed E-state index contributed by atoms with van der Waals surface area (Å²) in [7, 11) is 4.14. The van der Waals surface area contributed by atoms with Gasteiger partial charge in [-0.05, 0) is 56.6 Å². The van der Waals surface area contributed by atoms with Crippen LogP contribution in [0, 0.1) is 0 Å². The highest BCUT2D eigenvalue weighted by atomic mass is 16.3. The number of piperidine rings is 1. The van der Waals surface area contributed by atoms with Crippen molar-refractivity contribution in [1.82, 2.24) is 9.80 Å². The van der Waals surface area contributed by atoms with Crippen LogP contribution in [-0.2, 0) is 6.54 Å². The van der Waals surface area contributed by atoms with Crippen LogP contribution < -0.4 is 0 Å². The van der Waals surface area contributed by atoms with Gasteiger partial charge in [-0.15, -0.1) is 0 Å². The second-order valence-corrected chi connectivity index (χ2v) is 7.64. The first kappa shape index (κ1) is 17.8. The van der Waals surface area contributed by atoms with Gasteiger partial charge in [0.05, 0.1) is 6.04 Å². The molecule has 1 amide bonds. The van der Waals surface area contributed by atoms with E-state index in [1.54, 1.807) is 0 Å². The van der Waals surface area contributed by atoms with E-state index in [1.165, 1.54) is 11.1 Å². The smallest absolute Gasteiger partial charge is 0.290 e. The number of furan rings is 1. The van der Waals surface area contributed by atoms with E-state index in [9.17, 15) is 4.79 Å². The molecule has 4 rings (SSSR count). The number of carbonyl (C=O) groups excluding carboxylic acids is 1. The minimum Gasteiger partial charge on any atom is -0.451 e. The summed E-state index contributed by atoms with van der Waals surface area (Å²) in [4.78, 5) is 17.3. The SMILES string of the molecule is CN(C)Cc1ccc([C@H]2CCCCN2C(=O)c2cc3ccccc3o2)cc1. The third-order valence-electron chi connectivity index (χ3n) is 5.26. The molecule has 0 saturated carbocycles. The Balaban J connectivity index is 1.59. The van der Waals surface area contributed by atoms with Crippen molar-refractivity contribution in [3.63, 3.8) is 0 Å². The summed E-state index contributed by atoms with van der Waals surface area (Å²) in [5.41, 5.74) is 3.26. The number of amides is 1. The molecule has 0 radical (unpaired) electrons. The van der Waals surface area contributed by atoms with Gasteiger partial charge >= 0.3 is 0 Å². The summed E-state index contributed by atoms with van der Waals surface area (Å²) in [6.07, 6.45) is 3.19. The molecule has 1 aliphatic rings. The van der Waals surface area contributed by atoms with Crippen LogP contribution in [0.5, 0.6) is 0 Å². The second kappa shape index (κ2) is 7.57. The lowest BCUT2D eigenvalue weighted by molar-refractivity contribution is 0.0581. The molecule has 27 heavy (non-hydrogen) atoms. The maximum absolute atomic E-state index is 13.2. The van der Waals surface area contributed by atoms with Gasteiger partial charge < -0.3 is 14.2 Å². The Labute approximate surface area is 160 Å². The minimum absolute atomic E-state index is 0.00623. The van der Waals surface area contributed by atoms with Gasteiger partial charge in [0.2, 0.25) is 0 Å². The Morgan fingerprint density at radius 2 is 1.89 bits per heavy atom. The van der Waals surface area contributed by atoms with Crippen molar-refractivity contribution < 1.29 is 9.21 Å². The molecule has 1 aromatic heterocycles. The fraction of sp³-hybridized carbons (Fsp3) is 0.348. The molecule has 1 aliphatic heterocycles. The van der Waals surface area contributed by atoms with Crippen LogP contribution in [0.15, 0.2) is 59.0 Å². The highest BCUT2D eigenvalue weighted by molar-refractivity contribution is 5.96. The summed E-state index contributed by atoms with van der Waals surface area (Å²) >= 11 is 0. The number of rotatable bonds is 4. The number of fused-ring (bicyclic) bond motifs is 1. The van der Waals surface area contributed by atoms with E-state index in [-0.39, 0.29) is 11.9 Å². The van der Waals surface area contributed by atoms with E-state index in [4.69, 9.17) is 4.42 Å². The zero-order valence-corrected chi connectivity index (χ0v) is 16.0. The normalized spacial score (nSPS) is 17.6. The maximum Gasteiger partial charge on any atom is 0.290 e. The lowest BCUT2D eigenvalue weighted by atomic mass is 9.94. The van der Waals surface area contributed by atoms with Crippen molar-refractivity contribution in [2.45, 2.75) is 31.8 Å². The molecule has 4 heteroatoms. The third-order valence-corrected chi connectivity index (χ3v) is 5.26. The molecule has 0 aliphatic carbocycles. The molecule has 2 aromatic carbocycles. The summed E-state index contributed by atoms with van der Waals surface area (Å²) < 4.78 is 5.83. The Hall–Kier alpha value is -2.59. The first-order valence-electron chi connectivity index (χ1n) is 9.65. The third kappa shape index (κ3) is 3.76. The van der Waals surface area contributed by atoms with Gasteiger partial charge in [-0.25, -0.2) is 0 Å². The van der Waals surface area contributed by atoms with E-state index in [0.717, 1.165) is 43.3 Å². The average Bonchev–Trinajstić information content (AvgIpc) is 3.12. The summed E-state index contributed by atoms with van der Waals surface area (Å²) in [6.45, 7) is 1.70. The first-order valence-corrected chi connectivity index (χ1v) is 9.65. The Morgan fingerprint density at radius 3 is 2.63 bits per heavy atom. The van der Waals surface area contributed by atoms with Crippen molar-refractivity contribution in [2.75, 3.05) is 20.6 Å². The number of hydrogen-bond acceptors (Lipinski definition) is 3. The zero-order chi connectivity index (χ0) is 18.8. The summed E-state index contributed by atoms with van der Waals surface area (Å²) in [6, 6.07) is 18.5. The average molecular weight is 362 g/mol. The van der Waals surface area contributed by atoms with Crippen LogP contribution in [0.3, 0.4) is 0 Å². The minimum atomic E-state index is -0.00623. The van der Waals surface area contributed by atoms with Crippen LogP contribution >= 0.6 is 0 Å².